The minimum atomic E-state index is 0.0471. The lowest BCUT2D eigenvalue weighted by Crippen LogP contribution is -1.74. The summed E-state index contributed by atoms with van der Waals surface area (Å²) in [7, 11) is 0. The van der Waals surface area contributed by atoms with Crippen LogP contribution in [-0.4, -0.2) is 21.9 Å². The molecule has 1 aromatic rings. The molecule has 0 bridgehead atoms. The monoisotopic (exact) mass is 202 g/mol. The van der Waals surface area contributed by atoms with Gasteiger partial charge >= 0.3 is 0 Å². The molecule has 1 rings (SSSR count). The normalized spacial score (nSPS) is 11.0. The summed E-state index contributed by atoms with van der Waals surface area (Å²) in [5.74, 6) is 0. The number of aliphatic hydroxyl groups is 1. The average Bonchev–Trinajstić information content (AvgIpc) is 2.31. The van der Waals surface area contributed by atoms with Gasteiger partial charge in [-0.2, -0.15) is 5.10 Å². The molecule has 2 N–H and O–H groups in total. The van der Waals surface area contributed by atoms with Crippen LogP contribution in [0.5, 0.6) is 0 Å². The van der Waals surface area contributed by atoms with Crippen molar-refractivity contribution in [2.45, 2.75) is 0 Å². The second-order valence-electron chi connectivity index (χ2n) is 1.72. The zero-order valence-corrected chi connectivity index (χ0v) is 6.80. The zero-order chi connectivity index (χ0) is 7.40. The van der Waals surface area contributed by atoms with E-state index < -0.39 is 0 Å². The quantitative estimate of drug-likeness (QED) is 0.757. The fraction of sp³-hybridized carbons (Fsp3) is 0.167. The van der Waals surface area contributed by atoms with Gasteiger partial charge in [0.2, 0.25) is 0 Å². The lowest BCUT2D eigenvalue weighted by molar-refractivity contribution is 0.343. The number of hydrogen-bond acceptors (Lipinski definition) is 2. The maximum atomic E-state index is 8.42. The minimum Gasteiger partial charge on any atom is -0.392 e. The molecule has 1 aromatic heterocycles. The Morgan fingerprint density at radius 2 is 2.60 bits per heavy atom. The first-order valence-corrected chi connectivity index (χ1v) is 3.60. The third kappa shape index (κ3) is 1.68. The molecule has 0 aliphatic heterocycles. The number of aromatic nitrogens is 2. The summed E-state index contributed by atoms with van der Waals surface area (Å²) in [6, 6.07) is 0. The van der Waals surface area contributed by atoms with Gasteiger partial charge in [-0.3, -0.25) is 5.10 Å². The largest absolute Gasteiger partial charge is 0.392 e. The van der Waals surface area contributed by atoms with Crippen LogP contribution < -0.4 is 0 Å². The molecule has 0 aliphatic rings. The molecule has 0 spiro atoms. The van der Waals surface area contributed by atoms with Gasteiger partial charge in [-0.1, -0.05) is 6.08 Å². The van der Waals surface area contributed by atoms with Crippen molar-refractivity contribution in [2.24, 2.45) is 0 Å². The maximum Gasteiger partial charge on any atom is 0.0717 e. The Morgan fingerprint density at radius 3 is 3.10 bits per heavy atom. The van der Waals surface area contributed by atoms with Crippen molar-refractivity contribution < 1.29 is 5.11 Å². The van der Waals surface area contributed by atoms with Gasteiger partial charge in [-0.15, -0.1) is 0 Å². The van der Waals surface area contributed by atoms with Gasteiger partial charge < -0.3 is 5.11 Å². The Hall–Kier alpha value is -0.610. The van der Waals surface area contributed by atoms with E-state index in [0.717, 1.165) is 10.2 Å². The Balaban J connectivity index is 2.74. The summed E-state index contributed by atoms with van der Waals surface area (Å²) in [5, 5.41) is 14.9. The number of aliphatic hydroxyl groups excluding tert-OH is 1. The predicted octanol–water partition coefficient (Wildman–Crippen LogP) is 1.18. The first-order valence-electron chi connectivity index (χ1n) is 2.81. The van der Waals surface area contributed by atoms with E-state index in [2.05, 4.69) is 26.1 Å². The molecule has 0 radical (unpaired) electrons. The van der Waals surface area contributed by atoms with Gasteiger partial charge in [0.25, 0.3) is 0 Å². The number of nitrogens with zero attached hydrogens (tertiary/aromatic N) is 1. The summed E-state index contributed by atoms with van der Waals surface area (Å²) in [6.07, 6.45) is 5.06. The van der Waals surface area contributed by atoms with Gasteiger partial charge in [-0.05, 0) is 22.0 Å². The average molecular weight is 203 g/mol. The van der Waals surface area contributed by atoms with E-state index in [9.17, 15) is 0 Å². The number of hydrogen-bond donors (Lipinski definition) is 2. The Kier molecular flexibility index (Phi) is 2.65. The van der Waals surface area contributed by atoms with Gasteiger partial charge in [0.05, 0.1) is 23.0 Å². The van der Waals surface area contributed by atoms with Crippen molar-refractivity contribution in [3.63, 3.8) is 0 Å². The number of aromatic amines is 1. The summed E-state index contributed by atoms with van der Waals surface area (Å²) in [6.45, 7) is 0.0471. The van der Waals surface area contributed by atoms with E-state index >= 15 is 0 Å². The molecule has 54 valence electrons. The Morgan fingerprint density at radius 1 is 1.80 bits per heavy atom. The van der Waals surface area contributed by atoms with E-state index in [1.165, 1.54) is 0 Å². The van der Waals surface area contributed by atoms with Crippen LogP contribution in [0.4, 0.5) is 0 Å². The molecule has 0 unspecified atom stereocenters. The third-order valence-electron chi connectivity index (χ3n) is 1.01. The topological polar surface area (TPSA) is 48.9 Å². The highest BCUT2D eigenvalue weighted by molar-refractivity contribution is 9.10. The van der Waals surface area contributed by atoms with Crippen LogP contribution in [0.25, 0.3) is 6.08 Å². The molecule has 0 saturated carbocycles. The van der Waals surface area contributed by atoms with Crippen molar-refractivity contribution >= 4 is 22.0 Å². The zero-order valence-electron chi connectivity index (χ0n) is 5.21. The molecule has 0 fully saturated rings. The fourth-order valence-electron chi connectivity index (χ4n) is 0.569. The predicted molar refractivity (Wildman–Crippen MR) is 42.4 cm³/mol. The van der Waals surface area contributed by atoms with Gasteiger partial charge in [0, 0.05) is 0 Å². The second kappa shape index (κ2) is 3.53. The second-order valence-corrected chi connectivity index (χ2v) is 2.57. The molecule has 0 aliphatic carbocycles. The molecule has 0 atom stereocenters. The highest BCUT2D eigenvalue weighted by Crippen LogP contribution is 2.13. The van der Waals surface area contributed by atoms with E-state index in [1.54, 1.807) is 18.3 Å². The number of H-pyrrole nitrogens is 1. The van der Waals surface area contributed by atoms with Crippen LogP contribution in [0.1, 0.15) is 5.69 Å². The first-order chi connectivity index (χ1) is 4.84. The maximum absolute atomic E-state index is 8.42. The van der Waals surface area contributed by atoms with Gasteiger partial charge in [-0.25, -0.2) is 0 Å². The SMILES string of the molecule is OC/C=C/c1[nH]ncc1Br. The van der Waals surface area contributed by atoms with Crippen molar-refractivity contribution in [2.75, 3.05) is 6.61 Å². The highest BCUT2D eigenvalue weighted by atomic mass is 79.9. The summed E-state index contributed by atoms with van der Waals surface area (Å²) in [4.78, 5) is 0. The van der Waals surface area contributed by atoms with Crippen LogP contribution in [-0.2, 0) is 0 Å². The van der Waals surface area contributed by atoms with Crippen LogP contribution in [0.15, 0.2) is 16.7 Å². The van der Waals surface area contributed by atoms with Crippen LogP contribution in [0.3, 0.4) is 0 Å². The minimum absolute atomic E-state index is 0.0471. The lowest BCUT2D eigenvalue weighted by atomic mass is 10.4. The smallest absolute Gasteiger partial charge is 0.0717 e. The molecule has 3 nitrogen and oxygen atoms in total. The van der Waals surface area contributed by atoms with E-state index in [0.29, 0.717) is 0 Å². The van der Waals surface area contributed by atoms with Crippen LogP contribution in [0, 0.1) is 0 Å². The molecular formula is C6H7BrN2O. The first kappa shape index (κ1) is 7.50. The molecule has 0 amide bonds. The summed E-state index contributed by atoms with van der Waals surface area (Å²) >= 11 is 3.27. The molecule has 10 heavy (non-hydrogen) atoms. The van der Waals surface area contributed by atoms with Crippen LogP contribution >= 0.6 is 15.9 Å². The summed E-state index contributed by atoms with van der Waals surface area (Å²) < 4.78 is 0.900. The summed E-state index contributed by atoms with van der Waals surface area (Å²) in [5.41, 5.74) is 0.869. The number of rotatable bonds is 2. The molecule has 0 aromatic carbocycles. The number of halogens is 1. The fourth-order valence-corrected chi connectivity index (χ4v) is 0.892. The van der Waals surface area contributed by atoms with Crippen molar-refractivity contribution in [1.82, 2.24) is 10.2 Å². The number of nitrogens with one attached hydrogen (secondary N) is 1. The molecule has 1 heterocycles. The highest BCUT2D eigenvalue weighted by Gasteiger charge is 1.94. The van der Waals surface area contributed by atoms with Crippen molar-refractivity contribution in [1.29, 1.82) is 0 Å². The van der Waals surface area contributed by atoms with E-state index in [4.69, 9.17) is 5.11 Å². The van der Waals surface area contributed by atoms with Gasteiger partial charge in [0.1, 0.15) is 0 Å². The Bertz CT molecular complexity index is 231. The van der Waals surface area contributed by atoms with Crippen LogP contribution in [0.2, 0.25) is 0 Å². The molecule has 0 saturated heterocycles. The third-order valence-corrected chi connectivity index (χ3v) is 1.64. The molecular weight excluding hydrogens is 196 g/mol. The van der Waals surface area contributed by atoms with E-state index in [1.807, 2.05) is 0 Å². The van der Waals surface area contributed by atoms with E-state index in [-0.39, 0.29) is 6.61 Å². The van der Waals surface area contributed by atoms with Crippen molar-refractivity contribution in [3.05, 3.63) is 22.4 Å². The van der Waals surface area contributed by atoms with Crippen molar-refractivity contribution in [3.8, 4) is 0 Å². The van der Waals surface area contributed by atoms with Gasteiger partial charge in [0.15, 0.2) is 0 Å². The molecule has 4 heteroatoms. The lowest BCUT2D eigenvalue weighted by Gasteiger charge is -1.84. The Labute approximate surface area is 66.9 Å². The standard InChI is InChI=1S/C6H7BrN2O/c7-5-4-8-9-6(5)2-1-3-10/h1-2,4,10H,3H2,(H,8,9)/b2-1+.